The molecular formula is C13H22N2O3. The Morgan fingerprint density at radius 3 is 2.22 bits per heavy atom. The third-order valence-corrected chi connectivity index (χ3v) is 4.30. The maximum absolute atomic E-state index is 12.3. The number of hydrogen-bond donors (Lipinski definition) is 1. The second-order valence-corrected chi connectivity index (χ2v) is 5.77. The summed E-state index contributed by atoms with van der Waals surface area (Å²) in [6, 6.07) is 0.0251. The van der Waals surface area contributed by atoms with Crippen LogP contribution in [0.1, 0.15) is 26.7 Å². The minimum absolute atomic E-state index is 0.0251. The van der Waals surface area contributed by atoms with Crippen LogP contribution >= 0.6 is 0 Å². The van der Waals surface area contributed by atoms with E-state index in [9.17, 15) is 9.59 Å². The zero-order valence-corrected chi connectivity index (χ0v) is 11.1. The molecule has 3 atom stereocenters. The Labute approximate surface area is 108 Å². The van der Waals surface area contributed by atoms with Gasteiger partial charge in [0.1, 0.15) is 0 Å². The number of likely N-dealkylation sites (tertiary alicyclic amines) is 2. The highest BCUT2D eigenvalue weighted by molar-refractivity contribution is 5.77. The van der Waals surface area contributed by atoms with Crippen LogP contribution in [0.3, 0.4) is 0 Å². The number of carbonyl (C=O) groups excluding carboxylic acids is 1. The fourth-order valence-corrected chi connectivity index (χ4v) is 2.84. The Morgan fingerprint density at radius 2 is 1.67 bits per heavy atom. The number of amides is 2. The van der Waals surface area contributed by atoms with Gasteiger partial charge < -0.3 is 14.9 Å². The largest absolute Gasteiger partial charge is 0.481 e. The lowest BCUT2D eigenvalue weighted by atomic mass is 9.99. The van der Waals surface area contributed by atoms with Crippen LogP contribution in [0.5, 0.6) is 0 Å². The molecular weight excluding hydrogens is 232 g/mol. The molecule has 2 amide bonds. The number of aliphatic carboxylic acids is 1. The van der Waals surface area contributed by atoms with Gasteiger partial charge in [-0.15, -0.1) is 0 Å². The van der Waals surface area contributed by atoms with Crippen LogP contribution in [0.4, 0.5) is 4.79 Å². The predicted molar refractivity (Wildman–Crippen MR) is 67.2 cm³/mol. The molecule has 0 spiro atoms. The van der Waals surface area contributed by atoms with E-state index >= 15 is 0 Å². The van der Waals surface area contributed by atoms with Crippen molar-refractivity contribution in [2.45, 2.75) is 26.7 Å². The van der Waals surface area contributed by atoms with Gasteiger partial charge in [0.05, 0.1) is 5.92 Å². The lowest BCUT2D eigenvalue weighted by molar-refractivity contribution is -0.143. The van der Waals surface area contributed by atoms with E-state index in [1.54, 1.807) is 4.90 Å². The molecule has 1 N–H and O–H groups in total. The summed E-state index contributed by atoms with van der Waals surface area (Å²) in [6.07, 6.45) is 1.48. The lowest BCUT2D eigenvalue weighted by Gasteiger charge is -2.33. The van der Waals surface area contributed by atoms with Gasteiger partial charge in [-0.05, 0) is 24.7 Å². The van der Waals surface area contributed by atoms with Gasteiger partial charge in [-0.25, -0.2) is 4.79 Å². The number of piperidine rings is 1. The normalized spacial score (nSPS) is 32.7. The molecule has 5 heteroatoms. The molecule has 0 radical (unpaired) electrons. The molecule has 0 aromatic rings. The van der Waals surface area contributed by atoms with E-state index in [1.807, 2.05) is 4.90 Å². The van der Waals surface area contributed by atoms with Crippen LogP contribution in [0.15, 0.2) is 0 Å². The first-order valence-electron chi connectivity index (χ1n) is 6.75. The molecule has 2 aliphatic rings. The van der Waals surface area contributed by atoms with E-state index in [-0.39, 0.29) is 11.9 Å². The average Bonchev–Trinajstić information content (AvgIpc) is 2.69. The summed E-state index contributed by atoms with van der Waals surface area (Å²) in [5, 5.41) is 9.04. The zero-order valence-electron chi connectivity index (χ0n) is 11.1. The Morgan fingerprint density at radius 1 is 1.06 bits per heavy atom. The van der Waals surface area contributed by atoms with Crippen molar-refractivity contribution in [1.82, 2.24) is 9.80 Å². The average molecular weight is 254 g/mol. The first-order valence-corrected chi connectivity index (χ1v) is 6.75. The summed E-state index contributed by atoms with van der Waals surface area (Å²) in [5.41, 5.74) is 0. The van der Waals surface area contributed by atoms with Crippen molar-refractivity contribution in [3.8, 4) is 0 Å². The molecule has 2 fully saturated rings. The van der Waals surface area contributed by atoms with Gasteiger partial charge in [0, 0.05) is 26.2 Å². The molecule has 0 aromatic heterocycles. The molecule has 0 saturated carbocycles. The minimum Gasteiger partial charge on any atom is -0.481 e. The quantitative estimate of drug-likeness (QED) is 0.771. The van der Waals surface area contributed by atoms with E-state index in [4.69, 9.17) is 5.11 Å². The molecule has 2 aliphatic heterocycles. The van der Waals surface area contributed by atoms with Gasteiger partial charge >= 0.3 is 12.0 Å². The Hall–Kier alpha value is -1.26. The summed E-state index contributed by atoms with van der Waals surface area (Å²) in [7, 11) is 0. The van der Waals surface area contributed by atoms with E-state index in [2.05, 4.69) is 13.8 Å². The second-order valence-electron chi connectivity index (χ2n) is 5.77. The van der Waals surface area contributed by atoms with Gasteiger partial charge in [-0.1, -0.05) is 13.8 Å². The fraction of sp³-hybridized carbons (Fsp3) is 0.846. The van der Waals surface area contributed by atoms with Crippen molar-refractivity contribution in [1.29, 1.82) is 0 Å². The smallest absolute Gasteiger partial charge is 0.320 e. The fourth-order valence-electron chi connectivity index (χ4n) is 2.84. The van der Waals surface area contributed by atoms with Crippen LogP contribution in [0.25, 0.3) is 0 Å². The van der Waals surface area contributed by atoms with Gasteiger partial charge in [0.25, 0.3) is 0 Å². The number of carbonyl (C=O) groups is 2. The Kier molecular flexibility index (Phi) is 3.78. The van der Waals surface area contributed by atoms with Crippen molar-refractivity contribution < 1.29 is 14.7 Å². The van der Waals surface area contributed by atoms with Crippen molar-refractivity contribution in [3.63, 3.8) is 0 Å². The second kappa shape index (κ2) is 5.16. The number of carboxylic acid groups (broad SMARTS) is 1. The summed E-state index contributed by atoms with van der Waals surface area (Å²) >= 11 is 0. The standard InChI is InChI=1S/C13H22N2O3/c1-9-6-15(7-10(9)2)13(18)14-5-3-4-11(8-14)12(16)17/h9-11H,3-8H2,1-2H3,(H,16,17)/t9?,10?,11-/m1/s1. The van der Waals surface area contributed by atoms with Gasteiger partial charge in [-0.2, -0.15) is 0 Å². The number of rotatable bonds is 1. The minimum atomic E-state index is -0.782. The Balaban J connectivity index is 1.95. The lowest BCUT2D eigenvalue weighted by Crippen LogP contribution is -2.48. The van der Waals surface area contributed by atoms with Crippen molar-refractivity contribution in [2.24, 2.45) is 17.8 Å². The van der Waals surface area contributed by atoms with E-state index in [1.165, 1.54) is 0 Å². The van der Waals surface area contributed by atoms with Gasteiger partial charge in [0.15, 0.2) is 0 Å². The summed E-state index contributed by atoms with van der Waals surface area (Å²) in [4.78, 5) is 26.9. The van der Waals surface area contributed by atoms with E-state index in [0.29, 0.717) is 31.3 Å². The molecule has 102 valence electrons. The summed E-state index contributed by atoms with van der Waals surface area (Å²) in [6.45, 7) is 6.99. The third kappa shape index (κ3) is 2.60. The molecule has 2 unspecified atom stereocenters. The van der Waals surface area contributed by atoms with Crippen LogP contribution in [-0.4, -0.2) is 53.1 Å². The van der Waals surface area contributed by atoms with Gasteiger partial charge in [-0.3, -0.25) is 4.79 Å². The molecule has 2 saturated heterocycles. The molecule has 0 aliphatic carbocycles. The summed E-state index contributed by atoms with van der Waals surface area (Å²) < 4.78 is 0. The topological polar surface area (TPSA) is 60.9 Å². The zero-order chi connectivity index (χ0) is 13.3. The van der Waals surface area contributed by atoms with Crippen LogP contribution in [0, 0.1) is 17.8 Å². The first kappa shape index (κ1) is 13.2. The Bertz CT molecular complexity index is 335. The maximum atomic E-state index is 12.3. The molecule has 5 nitrogen and oxygen atoms in total. The highest BCUT2D eigenvalue weighted by Gasteiger charge is 2.35. The van der Waals surface area contributed by atoms with Gasteiger partial charge in [0.2, 0.25) is 0 Å². The summed E-state index contributed by atoms with van der Waals surface area (Å²) in [5.74, 6) is -0.0983. The monoisotopic (exact) mass is 254 g/mol. The highest BCUT2D eigenvalue weighted by Crippen LogP contribution is 2.25. The highest BCUT2D eigenvalue weighted by atomic mass is 16.4. The van der Waals surface area contributed by atoms with Crippen LogP contribution in [-0.2, 0) is 4.79 Å². The van der Waals surface area contributed by atoms with Crippen molar-refractivity contribution in [2.75, 3.05) is 26.2 Å². The molecule has 2 heterocycles. The van der Waals surface area contributed by atoms with E-state index < -0.39 is 5.97 Å². The first-order chi connectivity index (χ1) is 8.49. The molecule has 2 rings (SSSR count). The number of nitrogens with zero attached hydrogens (tertiary/aromatic N) is 2. The maximum Gasteiger partial charge on any atom is 0.320 e. The predicted octanol–water partition coefficient (Wildman–Crippen LogP) is 1.49. The van der Waals surface area contributed by atoms with Crippen LogP contribution in [0.2, 0.25) is 0 Å². The molecule has 0 bridgehead atoms. The third-order valence-electron chi connectivity index (χ3n) is 4.30. The number of hydrogen-bond acceptors (Lipinski definition) is 2. The van der Waals surface area contributed by atoms with E-state index in [0.717, 1.165) is 19.5 Å². The van der Waals surface area contributed by atoms with Crippen molar-refractivity contribution >= 4 is 12.0 Å². The number of carboxylic acids is 1. The number of urea groups is 1. The molecule has 18 heavy (non-hydrogen) atoms. The SMILES string of the molecule is CC1CN(C(=O)N2CCC[C@@H](C(=O)O)C2)CC1C. The van der Waals surface area contributed by atoms with Crippen LogP contribution < -0.4 is 0 Å². The molecule has 0 aromatic carbocycles. The van der Waals surface area contributed by atoms with Crippen molar-refractivity contribution in [3.05, 3.63) is 0 Å².